The number of hydrogen-bond donors (Lipinski definition) is 3. The summed E-state index contributed by atoms with van der Waals surface area (Å²) in [5.41, 5.74) is 6.79. The summed E-state index contributed by atoms with van der Waals surface area (Å²) in [6.07, 6.45) is 6.65. The van der Waals surface area contributed by atoms with Crippen molar-refractivity contribution in [3.05, 3.63) is 28.2 Å². The van der Waals surface area contributed by atoms with Gasteiger partial charge in [0.1, 0.15) is 5.00 Å². The fraction of sp³-hybridized carbons (Fsp3) is 0.438. The van der Waals surface area contributed by atoms with Crippen molar-refractivity contribution in [1.29, 1.82) is 0 Å². The minimum Gasteiger partial charge on any atom is -0.478 e. The molecule has 0 fully saturated rings. The molecule has 0 aliphatic heterocycles. The lowest BCUT2D eigenvalue weighted by Gasteiger charge is -2.21. The van der Waals surface area contributed by atoms with E-state index in [0.29, 0.717) is 16.5 Å². The smallest absolute Gasteiger partial charge is 0.328 e. The molecule has 0 radical (unpaired) electrons. The van der Waals surface area contributed by atoms with Crippen molar-refractivity contribution in [1.82, 2.24) is 0 Å². The maximum atomic E-state index is 11.8. The maximum Gasteiger partial charge on any atom is 0.328 e. The second kappa shape index (κ2) is 7.41. The lowest BCUT2D eigenvalue weighted by molar-refractivity contribution is -0.131. The van der Waals surface area contributed by atoms with E-state index in [4.69, 9.17) is 10.8 Å². The van der Waals surface area contributed by atoms with Crippen molar-refractivity contribution in [2.45, 2.75) is 39.0 Å². The lowest BCUT2D eigenvalue weighted by atomic mass is 9.84. The van der Waals surface area contributed by atoms with E-state index in [1.54, 1.807) is 0 Å². The van der Waals surface area contributed by atoms with Crippen LogP contribution in [-0.2, 0) is 22.4 Å². The molecule has 1 aromatic heterocycles. The first-order chi connectivity index (χ1) is 10.9. The number of anilines is 1. The zero-order chi connectivity index (χ0) is 17.0. The van der Waals surface area contributed by atoms with Crippen molar-refractivity contribution in [3.8, 4) is 0 Å². The summed E-state index contributed by atoms with van der Waals surface area (Å²) in [6, 6.07) is 0. The molecule has 4 N–H and O–H groups in total. The van der Waals surface area contributed by atoms with Gasteiger partial charge in [-0.3, -0.25) is 9.59 Å². The Morgan fingerprint density at radius 2 is 2.13 bits per heavy atom. The van der Waals surface area contributed by atoms with Crippen LogP contribution >= 0.6 is 11.3 Å². The second-order valence-corrected chi connectivity index (χ2v) is 6.74. The van der Waals surface area contributed by atoms with Gasteiger partial charge < -0.3 is 16.2 Å². The molecule has 6 nitrogen and oxygen atoms in total. The SMILES string of the molecule is CCCC1CCc2c(sc(NC(=O)/C=C/C(=O)O)c2C(N)=O)C1. The number of fused-ring (bicyclic) bond motifs is 1. The summed E-state index contributed by atoms with van der Waals surface area (Å²) in [5.74, 6) is -1.75. The van der Waals surface area contributed by atoms with Crippen molar-refractivity contribution < 1.29 is 19.5 Å². The van der Waals surface area contributed by atoms with Crippen LogP contribution in [0.3, 0.4) is 0 Å². The Bertz CT molecular complexity index is 663. The van der Waals surface area contributed by atoms with Gasteiger partial charge in [0.2, 0.25) is 5.91 Å². The third-order valence-electron chi connectivity index (χ3n) is 3.92. The zero-order valence-corrected chi connectivity index (χ0v) is 13.7. The van der Waals surface area contributed by atoms with Gasteiger partial charge in [-0.2, -0.15) is 0 Å². The molecule has 0 aromatic carbocycles. The van der Waals surface area contributed by atoms with E-state index in [1.807, 2.05) is 0 Å². The molecule has 1 atom stereocenters. The van der Waals surface area contributed by atoms with Crippen LogP contribution in [0.5, 0.6) is 0 Å². The number of carbonyl (C=O) groups excluding carboxylic acids is 2. The molecule has 0 bridgehead atoms. The van der Waals surface area contributed by atoms with Gasteiger partial charge in [-0.15, -0.1) is 11.3 Å². The van der Waals surface area contributed by atoms with Crippen LogP contribution in [0, 0.1) is 5.92 Å². The Balaban J connectivity index is 2.25. The highest BCUT2D eigenvalue weighted by molar-refractivity contribution is 7.17. The number of carboxylic acids is 1. The summed E-state index contributed by atoms with van der Waals surface area (Å²) < 4.78 is 0. The summed E-state index contributed by atoms with van der Waals surface area (Å²) in [4.78, 5) is 35.1. The number of carbonyl (C=O) groups is 3. The number of rotatable bonds is 6. The molecule has 2 rings (SSSR count). The van der Waals surface area contributed by atoms with Gasteiger partial charge in [-0.05, 0) is 30.7 Å². The average Bonchev–Trinajstić information content (AvgIpc) is 2.82. The molecular formula is C16H20N2O4S. The summed E-state index contributed by atoms with van der Waals surface area (Å²) >= 11 is 1.37. The molecule has 1 aliphatic rings. The third kappa shape index (κ3) is 4.19. The van der Waals surface area contributed by atoms with E-state index in [0.717, 1.165) is 54.7 Å². The molecule has 124 valence electrons. The second-order valence-electron chi connectivity index (χ2n) is 5.63. The van der Waals surface area contributed by atoms with Crippen LogP contribution in [0.4, 0.5) is 5.00 Å². The first kappa shape index (κ1) is 17.2. The van der Waals surface area contributed by atoms with Gasteiger partial charge in [-0.25, -0.2) is 4.79 Å². The monoisotopic (exact) mass is 336 g/mol. The normalized spacial score (nSPS) is 17.0. The van der Waals surface area contributed by atoms with Gasteiger partial charge in [0.15, 0.2) is 0 Å². The van der Waals surface area contributed by atoms with Crippen molar-refractivity contribution in [3.63, 3.8) is 0 Å². The molecule has 0 spiro atoms. The van der Waals surface area contributed by atoms with Gasteiger partial charge in [0.05, 0.1) is 5.56 Å². The van der Waals surface area contributed by atoms with Crippen molar-refractivity contribution >= 4 is 34.1 Å². The van der Waals surface area contributed by atoms with Crippen LogP contribution in [0.15, 0.2) is 12.2 Å². The van der Waals surface area contributed by atoms with Crippen LogP contribution in [0.1, 0.15) is 47.0 Å². The number of amides is 2. The number of thiophene rings is 1. The number of nitrogens with one attached hydrogen (secondary N) is 1. The quantitative estimate of drug-likeness (QED) is 0.693. The van der Waals surface area contributed by atoms with Gasteiger partial charge in [0.25, 0.3) is 5.91 Å². The Kier molecular flexibility index (Phi) is 5.54. The van der Waals surface area contributed by atoms with Crippen LogP contribution in [-0.4, -0.2) is 22.9 Å². The molecule has 2 amide bonds. The summed E-state index contributed by atoms with van der Waals surface area (Å²) in [5, 5.41) is 11.5. The van der Waals surface area contributed by atoms with Gasteiger partial charge >= 0.3 is 5.97 Å². The molecule has 1 aromatic rings. The number of aliphatic carboxylic acids is 1. The lowest BCUT2D eigenvalue weighted by Crippen LogP contribution is -2.19. The highest BCUT2D eigenvalue weighted by Crippen LogP contribution is 2.40. The largest absolute Gasteiger partial charge is 0.478 e. The van der Waals surface area contributed by atoms with Crippen LogP contribution < -0.4 is 11.1 Å². The van der Waals surface area contributed by atoms with E-state index < -0.39 is 17.8 Å². The third-order valence-corrected chi connectivity index (χ3v) is 5.09. The number of hydrogen-bond acceptors (Lipinski definition) is 4. The molecule has 1 heterocycles. The fourth-order valence-electron chi connectivity index (χ4n) is 2.96. The first-order valence-corrected chi connectivity index (χ1v) is 8.40. The van der Waals surface area contributed by atoms with E-state index in [9.17, 15) is 14.4 Å². The molecular weight excluding hydrogens is 316 g/mol. The number of carboxylic acid groups (broad SMARTS) is 1. The van der Waals surface area contributed by atoms with Crippen LogP contribution in [0.25, 0.3) is 0 Å². The standard InChI is InChI=1S/C16H20N2O4S/c1-2-3-9-4-5-10-11(8-9)23-16(14(10)15(17)22)18-12(19)6-7-13(20)21/h6-7,9H,2-5,8H2,1H3,(H2,17,22)(H,18,19)(H,20,21)/b7-6+. The van der Waals surface area contributed by atoms with Gasteiger partial charge in [0, 0.05) is 17.0 Å². The topological polar surface area (TPSA) is 109 Å². The predicted octanol–water partition coefficient (Wildman–Crippen LogP) is 2.33. The molecule has 7 heteroatoms. The molecule has 23 heavy (non-hydrogen) atoms. The molecule has 0 saturated carbocycles. The number of primary amides is 1. The van der Waals surface area contributed by atoms with E-state index in [1.165, 1.54) is 11.3 Å². The maximum absolute atomic E-state index is 11.8. The minimum absolute atomic E-state index is 0.372. The Morgan fingerprint density at radius 3 is 2.74 bits per heavy atom. The summed E-state index contributed by atoms with van der Waals surface area (Å²) in [7, 11) is 0. The Hall–Kier alpha value is -2.15. The molecule has 1 unspecified atom stereocenters. The Morgan fingerprint density at radius 1 is 1.39 bits per heavy atom. The van der Waals surface area contributed by atoms with E-state index >= 15 is 0 Å². The highest BCUT2D eigenvalue weighted by Gasteiger charge is 2.28. The first-order valence-electron chi connectivity index (χ1n) is 7.58. The Labute approximate surface area is 138 Å². The fourth-order valence-corrected chi connectivity index (χ4v) is 4.33. The van der Waals surface area contributed by atoms with Crippen molar-refractivity contribution in [2.75, 3.05) is 5.32 Å². The minimum atomic E-state index is -1.21. The van der Waals surface area contributed by atoms with Crippen LogP contribution in [0.2, 0.25) is 0 Å². The van der Waals surface area contributed by atoms with E-state index in [2.05, 4.69) is 12.2 Å². The van der Waals surface area contributed by atoms with E-state index in [-0.39, 0.29) is 0 Å². The summed E-state index contributed by atoms with van der Waals surface area (Å²) in [6.45, 7) is 2.15. The highest BCUT2D eigenvalue weighted by atomic mass is 32.1. The molecule has 1 aliphatic carbocycles. The van der Waals surface area contributed by atoms with Crippen molar-refractivity contribution in [2.24, 2.45) is 11.7 Å². The average molecular weight is 336 g/mol. The zero-order valence-electron chi connectivity index (χ0n) is 12.9. The predicted molar refractivity (Wildman–Crippen MR) is 88.7 cm³/mol. The number of nitrogens with two attached hydrogens (primary N) is 1. The van der Waals surface area contributed by atoms with Gasteiger partial charge in [-0.1, -0.05) is 19.8 Å². The molecule has 0 saturated heterocycles.